The largest absolute Gasteiger partial charge is 0.356 e. The Morgan fingerprint density at radius 3 is 2.00 bits per heavy atom. The molecule has 0 heterocycles. The molecule has 0 aromatic rings. The highest BCUT2D eigenvalue weighted by molar-refractivity contribution is 5.81. The van der Waals surface area contributed by atoms with E-state index in [4.69, 9.17) is 0 Å². The van der Waals surface area contributed by atoms with Gasteiger partial charge in [0, 0.05) is 12.0 Å². The monoisotopic (exact) mass is 256 g/mol. The minimum Gasteiger partial charge on any atom is -0.356 e. The Morgan fingerprint density at radius 2 is 1.56 bits per heavy atom. The van der Waals surface area contributed by atoms with Crippen LogP contribution in [-0.4, -0.2) is 37.0 Å². The molecule has 0 spiro atoms. The van der Waals surface area contributed by atoms with E-state index in [0.717, 1.165) is 19.5 Å². The first-order chi connectivity index (χ1) is 8.41. The fraction of sp³-hybridized carbons (Fsp3) is 0.933. The van der Waals surface area contributed by atoms with Gasteiger partial charge in [0.1, 0.15) is 0 Å². The van der Waals surface area contributed by atoms with Gasteiger partial charge in [-0.15, -0.1) is 0 Å². The van der Waals surface area contributed by atoms with Crippen LogP contribution in [0.4, 0.5) is 0 Å². The van der Waals surface area contributed by atoms with Crippen LogP contribution in [0.1, 0.15) is 60.3 Å². The molecule has 1 amide bonds. The van der Waals surface area contributed by atoms with Gasteiger partial charge in [-0.25, -0.2) is 0 Å². The average molecular weight is 256 g/mol. The number of rotatable bonds is 9. The Bertz CT molecular complexity index is 215. The molecule has 0 aliphatic heterocycles. The van der Waals surface area contributed by atoms with Crippen LogP contribution >= 0.6 is 0 Å². The van der Waals surface area contributed by atoms with E-state index in [1.165, 1.54) is 32.4 Å². The van der Waals surface area contributed by atoms with Crippen LogP contribution in [0.25, 0.3) is 0 Å². The number of unbranched alkanes of at least 4 members (excludes halogenated alkanes) is 1. The maximum absolute atomic E-state index is 11.6. The number of hydrogen-bond donors (Lipinski definition) is 1. The van der Waals surface area contributed by atoms with Gasteiger partial charge in [0.05, 0.1) is 0 Å². The van der Waals surface area contributed by atoms with Crippen LogP contribution in [0.2, 0.25) is 0 Å². The smallest absolute Gasteiger partial charge is 0.225 e. The summed E-state index contributed by atoms with van der Waals surface area (Å²) in [6.45, 7) is 14.7. The lowest BCUT2D eigenvalue weighted by atomic mass is 9.96. The van der Waals surface area contributed by atoms with Crippen LogP contribution < -0.4 is 5.32 Å². The van der Waals surface area contributed by atoms with Crippen LogP contribution in [-0.2, 0) is 4.79 Å². The Hall–Kier alpha value is -0.570. The van der Waals surface area contributed by atoms with Crippen molar-refractivity contribution in [3.05, 3.63) is 0 Å². The van der Waals surface area contributed by atoms with Crippen molar-refractivity contribution in [1.82, 2.24) is 10.2 Å². The zero-order chi connectivity index (χ0) is 14.0. The summed E-state index contributed by atoms with van der Waals surface area (Å²) in [7, 11) is 0. The standard InChI is InChI=1S/C15H32N2O/c1-6-11-17(12-7-2)13-9-8-10-16-14(18)15(3,4)5/h6-13H2,1-5H3,(H,16,18). The molecular weight excluding hydrogens is 224 g/mol. The lowest BCUT2D eigenvalue weighted by molar-refractivity contribution is -0.128. The third-order valence-corrected chi connectivity index (χ3v) is 2.95. The van der Waals surface area contributed by atoms with Gasteiger partial charge in [-0.05, 0) is 45.3 Å². The Kier molecular flexibility index (Phi) is 9.08. The molecule has 0 saturated heterocycles. The molecule has 0 radical (unpaired) electrons. The zero-order valence-electron chi connectivity index (χ0n) is 13.0. The first-order valence-electron chi connectivity index (χ1n) is 7.42. The molecule has 0 aromatic carbocycles. The predicted molar refractivity (Wildman–Crippen MR) is 78.7 cm³/mol. The molecule has 0 rings (SSSR count). The summed E-state index contributed by atoms with van der Waals surface area (Å²) in [5.74, 6) is 0.154. The van der Waals surface area contributed by atoms with E-state index in [0.29, 0.717) is 0 Å². The molecule has 108 valence electrons. The van der Waals surface area contributed by atoms with Crippen molar-refractivity contribution in [2.45, 2.75) is 60.3 Å². The summed E-state index contributed by atoms with van der Waals surface area (Å²) in [6.07, 6.45) is 4.69. The molecule has 1 N–H and O–H groups in total. The zero-order valence-corrected chi connectivity index (χ0v) is 13.0. The van der Waals surface area contributed by atoms with E-state index >= 15 is 0 Å². The lowest BCUT2D eigenvalue weighted by Crippen LogP contribution is -2.35. The summed E-state index contributed by atoms with van der Waals surface area (Å²) < 4.78 is 0. The number of carbonyl (C=O) groups excluding carboxylic acids is 1. The molecule has 0 aliphatic rings. The SMILES string of the molecule is CCCN(CCC)CCCCNC(=O)C(C)(C)C. The van der Waals surface area contributed by atoms with Crippen molar-refractivity contribution in [3.63, 3.8) is 0 Å². The van der Waals surface area contributed by atoms with Gasteiger partial charge in [-0.1, -0.05) is 34.6 Å². The fourth-order valence-corrected chi connectivity index (χ4v) is 1.90. The number of nitrogens with zero attached hydrogens (tertiary/aromatic N) is 1. The highest BCUT2D eigenvalue weighted by Crippen LogP contribution is 2.12. The van der Waals surface area contributed by atoms with Gasteiger partial charge >= 0.3 is 0 Å². The molecule has 18 heavy (non-hydrogen) atoms. The summed E-state index contributed by atoms with van der Waals surface area (Å²) in [4.78, 5) is 14.2. The third kappa shape index (κ3) is 8.51. The summed E-state index contributed by atoms with van der Waals surface area (Å²) in [5, 5.41) is 3.00. The molecule has 0 bridgehead atoms. The van der Waals surface area contributed by atoms with Crippen LogP contribution in [0.15, 0.2) is 0 Å². The van der Waals surface area contributed by atoms with Crippen LogP contribution in [0.5, 0.6) is 0 Å². The first-order valence-corrected chi connectivity index (χ1v) is 7.42. The molecule has 0 unspecified atom stereocenters. The summed E-state index contributed by atoms with van der Waals surface area (Å²) >= 11 is 0. The Labute approximate surface area is 113 Å². The minimum atomic E-state index is -0.267. The van der Waals surface area contributed by atoms with Gasteiger partial charge in [-0.3, -0.25) is 4.79 Å². The van der Waals surface area contributed by atoms with Gasteiger partial charge in [0.2, 0.25) is 5.91 Å². The topological polar surface area (TPSA) is 32.3 Å². The quantitative estimate of drug-likeness (QED) is 0.643. The predicted octanol–water partition coefficient (Wildman–Crippen LogP) is 3.05. The number of amides is 1. The number of hydrogen-bond acceptors (Lipinski definition) is 2. The maximum atomic E-state index is 11.6. The van der Waals surface area contributed by atoms with Crippen molar-refractivity contribution < 1.29 is 4.79 Å². The van der Waals surface area contributed by atoms with Crippen molar-refractivity contribution in [2.24, 2.45) is 5.41 Å². The Morgan fingerprint density at radius 1 is 1.00 bits per heavy atom. The first kappa shape index (κ1) is 17.4. The second kappa shape index (κ2) is 9.37. The normalized spacial score (nSPS) is 11.9. The van der Waals surface area contributed by atoms with Gasteiger partial charge < -0.3 is 10.2 Å². The highest BCUT2D eigenvalue weighted by atomic mass is 16.2. The highest BCUT2D eigenvalue weighted by Gasteiger charge is 2.20. The molecular formula is C15H32N2O. The molecule has 0 aliphatic carbocycles. The molecule has 0 saturated carbocycles. The van der Waals surface area contributed by atoms with E-state index in [-0.39, 0.29) is 11.3 Å². The second-order valence-corrected chi connectivity index (χ2v) is 6.05. The van der Waals surface area contributed by atoms with E-state index < -0.39 is 0 Å². The summed E-state index contributed by atoms with van der Waals surface area (Å²) in [5.41, 5.74) is -0.267. The molecule has 0 atom stereocenters. The van der Waals surface area contributed by atoms with Gasteiger partial charge in [0.15, 0.2) is 0 Å². The lowest BCUT2D eigenvalue weighted by Gasteiger charge is -2.21. The number of carbonyl (C=O) groups is 1. The maximum Gasteiger partial charge on any atom is 0.225 e. The molecule has 3 heteroatoms. The van der Waals surface area contributed by atoms with E-state index in [9.17, 15) is 4.79 Å². The molecule has 3 nitrogen and oxygen atoms in total. The molecule has 0 fully saturated rings. The third-order valence-electron chi connectivity index (χ3n) is 2.95. The van der Waals surface area contributed by atoms with Gasteiger partial charge in [0.25, 0.3) is 0 Å². The fourth-order valence-electron chi connectivity index (χ4n) is 1.90. The van der Waals surface area contributed by atoms with E-state index in [1.807, 2.05) is 20.8 Å². The van der Waals surface area contributed by atoms with E-state index in [1.54, 1.807) is 0 Å². The van der Waals surface area contributed by atoms with Crippen LogP contribution in [0, 0.1) is 5.41 Å². The molecule has 0 aromatic heterocycles. The van der Waals surface area contributed by atoms with Gasteiger partial charge in [-0.2, -0.15) is 0 Å². The Balaban J connectivity index is 3.63. The van der Waals surface area contributed by atoms with Crippen molar-refractivity contribution in [1.29, 1.82) is 0 Å². The summed E-state index contributed by atoms with van der Waals surface area (Å²) in [6, 6.07) is 0. The second-order valence-electron chi connectivity index (χ2n) is 6.05. The van der Waals surface area contributed by atoms with Crippen LogP contribution in [0.3, 0.4) is 0 Å². The average Bonchev–Trinajstić information content (AvgIpc) is 2.27. The van der Waals surface area contributed by atoms with E-state index in [2.05, 4.69) is 24.1 Å². The van der Waals surface area contributed by atoms with Crippen molar-refractivity contribution in [3.8, 4) is 0 Å². The minimum absolute atomic E-state index is 0.154. The number of nitrogens with one attached hydrogen (secondary N) is 1. The van der Waals surface area contributed by atoms with Crippen molar-refractivity contribution in [2.75, 3.05) is 26.2 Å². The van der Waals surface area contributed by atoms with Crippen molar-refractivity contribution >= 4 is 5.91 Å².